The van der Waals surface area contributed by atoms with Gasteiger partial charge < -0.3 is 10.1 Å². The quantitative estimate of drug-likeness (QED) is 0.522. The van der Waals surface area contributed by atoms with E-state index in [4.69, 9.17) is 17.0 Å². The Hall–Kier alpha value is -1.92. The summed E-state index contributed by atoms with van der Waals surface area (Å²) in [5.74, 6) is 1.04. The van der Waals surface area contributed by atoms with Gasteiger partial charge in [0.05, 0.1) is 11.1 Å². The number of thiocarbonyl (C=S) groups is 1. The van der Waals surface area contributed by atoms with Crippen molar-refractivity contribution in [1.82, 2.24) is 5.32 Å². The predicted molar refractivity (Wildman–Crippen MR) is 123 cm³/mol. The predicted octanol–water partition coefficient (Wildman–Crippen LogP) is 5.93. The minimum atomic E-state index is -0.269. The summed E-state index contributed by atoms with van der Waals surface area (Å²) in [7, 11) is 0. The van der Waals surface area contributed by atoms with E-state index in [1.54, 1.807) is 18.2 Å². The normalized spacial score (nSPS) is 10.7. The van der Waals surface area contributed by atoms with Crippen LogP contribution in [-0.4, -0.2) is 17.6 Å². The molecule has 0 aliphatic heterocycles. The molecule has 0 heterocycles. The van der Waals surface area contributed by atoms with Crippen molar-refractivity contribution >= 4 is 44.9 Å². The molecular formula is C22H27BrN2O2S. The summed E-state index contributed by atoms with van der Waals surface area (Å²) >= 11 is 8.80. The van der Waals surface area contributed by atoms with E-state index in [1.807, 2.05) is 13.8 Å². The van der Waals surface area contributed by atoms with E-state index in [-0.39, 0.29) is 11.0 Å². The zero-order chi connectivity index (χ0) is 20.8. The fourth-order valence-electron chi connectivity index (χ4n) is 2.86. The first-order valence-corrected chi connectivity index (χ1v) is 10.5. The van der Waals surface area contributed by atoms with Gasteiger partial charge in [-0.1, -0.05) is 31.5 Å². The maximum atomic E-state index is 12.5. The van der Waals surface area contributed by atoms with E-state index in [0.29, 0.717) is 18.1 Å². The molecule has 0 radical (unpaired) electrons. The molecule has 0 bridgehead atoms. The average Bonchev–Trinajstić information content (AvgIpc) is 2.59. The Labute approximate surface area is 181 Å². The number of anilines is 1. The van der Waals surface area contributed by atoms with E-state index in [0.717, 1.165) is 33.5 Å². The number of ether oxygens (including phenoxy) is 1. The van der Waals surface area contributed by atoms with Crippen LogP contribution < -0.4 is 15.4 Å². The molecule has 0 fully saturated rings. The highest BCUT2D eigenvalue weighted by Gasteiger charge is 2.12. The number of amides is 1. The lowest BCUT2D eigenvalue weighted by Crippen LogP contribution is -2.34. The third-order valence-corrected chi connectivity index (χ3v) is 5.11. The number of rotatable bonds is 6. The van der Waals surface area contributed by atoms with Gasteiger partial charge in [0, 0.05) is 11.3 Å². The van der Waals surface area contributed by atoms with Crippen LogP contribution in [0.2, 0.25) is 0 Å². The smallest absolute Gasteiger partial charge is 0.257 e. The molecule has 0 spiro atoms. The Balaban J connectivity index is 2.00. The Morgan fingerprint density at radius 3 is 2.36 bits per heavy atom. The lowest BCUT2D eigenvalue weighted by atomic mass is 10.1. The maximum Gasteiger partial charge on any atom is 0.257 e. The molecule has 0 aromatic heterocycles. The molecule has 1 amide bonds. The molecule has 2 aromatic carbocycles. The molecule has 0 atom stereocenters. The third-order valence-electron chi connectivity index (χ3n) is 4.29. The van der Waals surface area contributed by atoms with Gasteiger partial charge in [-0.2, -0.15) is 0 Å². The molecule has 2 rings (SSSR count). The largest absolute Gasteiger partial charge is 0.492 e. The first kappa shape index (κ1) is 22.4. The van der Waals surface area contributed by atoms with Crippen molar-refractivity contribution in [2.45, 2.75) is 41.0 Å². The molecular weight excluding hydrogens is 436 g/mol. The zero-order valence-corrected chi connectivity index (χ0v) is 19.4. The molecule has 4 nitrogen and oxygen atoms in total. The summed E-state index contributed by atoms with van der Waals surface area (Å²) in [5, 5.41) is 6.14. The monoisotopic (exact) mass is 462 g/mol. The van der Waals surface area contributed by atoms with Crippen molar-refractivity contribution in [2.24, 2.45) is 5.92 Å². The Kier molecular flexibility index (Phi) is 8.01. The number of aryl methyl sites for hydroxylation is 3. The minimum Gasteiger partial charge on any atom is -0.492 e. The maximum absolute atomic E-state index is 12.5. The van der Waals surface area contributed by atoms with Crippen LogP contribution >= 0.6 is 28.1 Å². The molecule has 0 unspecified atom stereocenters. The molecule has 2 N–H and O–H groups in total. The van der Waals surface area contributed by atoms with Crippen molar-refractivity contribution in [2.75, 3.05) is 11.9 Å². The SMILES string of the molecule is Cc1cc(C)c(NC(=S)NC(=O)c2ccc(OCCC(C)C)c(Br)c2)c(C)c1. The number of halogens is 1. The fourth-order valence-corrected chi connectivity index (χ4v) is 3.55. The summed E-state index contributed by atoms with van der Waals surface area (Å²) in [4.78, 5) is 12.5. The van der Waals surface area contributed by atoms with Crippen molar-refractivity contribution in [3.63, 3.8) is 0 Å². The number of hydrogen-bond donors (Lipinski definition) is 2. The summed E-state index contributed by atoms with van der Waals surface area (Å²) in [6.07, 6.45) is 0.979. The molecule has 150 valence electrons. The molecule has 0 aliphatic rings. The molecule has 28 heavy (non-hydrogen) atoms. The Morgan fingerprint density at radius 2 is 1.79 bits per heavy atom. The zero-order valence-electron chi connectivity index (χ0n) is 17.0. The first-order valence-electron chi connectivity index (χ1n) is 9.30. The van der Waals surface area contributed by atoms with Crippen LogP contribution in [0.25, 0.3) is 0 Å². The van der Waals surface area contributed by atoms with Gasteiger partial charge in [-0.3, -0.25) is 10.1 Å². The lowest BCUT2D eigenvalue weighted by molar-refractivity contribution is 0.0977. The van der Waals surface area contributed by atoms with Gasteiger partial charge in [-0.05, 0) is 90.6 Å². The highest BCUT2D eigenvalue weighted by Crippen LogP contribution is 2.26. The average molecular weight is 463 g/mol. The van der Waals surface area contributed by atoms with Gasteiger partial charge in [-0.15, -0.1) is 0 Å². The van der Waals surface area contributed by atoms with Crippen molar-refractivity contribution < 1.29 is 9.53 Å². The van der Waals surface area contributed by atoms with E-state index in [9.17, 15) is 4.79 Å². The van der Waals surface area contributed by atoms with E-state index >= 15 is 0 Å². The Morgan fingerprint density at radius 1 is 1.14 bits per heavy atom. The second-order valence-electron chi connectivity index (χ2n) is 7.36. The topological polar surface area (TPSA) is 50.4 Å². The number of nitrogens with one attached hydrogen (secondary N) is 2. The standard InChI is InChI=1S/C22H27BrN2O2S/c1-13(2)8-9-27-19-7-6-17(12-18(19)23)21(26)25-22(28)24-20-15(4)10-14(3)11-16(20)5/h6-7,10-13H,8-9H2,1-5H3,(H2,24,25,26,28). The van der Waals surface area contributed by atoms with Crippen LogP contribution in [0.1, 0.15) is 47.3 Å². The van der Waals surface area contributed by atoms with E-state index < -0.39 is 0 Å². The van der Waals surface area contributed by atoms with Crippen LogP contribution in [0.5, 0.6) is 5.75 Å². The number of carbonyl (C=O) groups is 1. The number of hydrogen-bond acceptors (Lipinski definition) is 3. The van der Waals surface area contributed by atoms with Gasteiger partial charge in [0.1, 0.15) is 5.75 Å². The number of carbonyl (C=O) groups excluding carboxylic acids is 1. The van der Waals surface area contributed by atoms with Crippen LogP contribution in [0.15, 0.2) is 34.8 Å². The summed E-state index contributed by atoms with van der Waals surface area (Å²) in [5.41, 5.74) is 4.78. The Bertz CT molecular complexity index is 858. The molecule has 6 heteroatoms. The van der Waals surface area contributed by atoms with Crippen LogP contribution in [0.4, 0.5) is 5.69 Å². The molecule has 0 aliphatic carbocycles. The summed E-state index contributed by atoms with van der Waals surface area (Å²) < 4.78 is 6.51. The van der Waals surface area contributed by atoms with Crippen LogP contribution in [-0.2, 0) is 0 Å². The van der Waals surface area contributed by atoms with Crippen molar-refractivity contribution in [3.8, 4) is 5.75 Å². The first-order chi connectivity index (χ1) is 13.2. The second-order valence-corrected chi connectivity index (χ2v) is 8.62. The van der Waals surface area contributed by atoms with Gasteiger partial charge in [0.25, 0.3) is 5.91 Å². The lowest BCUT2D eigenvalue weighted by Gasteiger charge is -2.15. The fraction of sp³-hybridized carbons (Fsp3) is 0.364. The highest BCUT2D eigenvalue weighted by atomic mass is 79.9. The highest BCUT2D eigenvalue weighted by molar-refractivity contribution is 9.10. The molecule has 0 saturated carbocycles. The molecule has 2 aromatic rings. The van der Waals surface area contributed by atoms with Crippen LogP contribution in [0, 0.1) is 26.7 Å². The van der Waals surface area contributed by atoms with E-state index in [1.165, 1.54) is 5.56 Å². The van der Waals surface area contributed by atoms with Gasteiger partial charge >= 0.3 is 0 Å². The number of benzene rings is 2. The third kappa shape index (κ3) is 6.31. The van der Waals surface area contributed by atoms with Gasteiger partial charge in [0.2, 0.25) is 0 Å². The van der Waals surface area contributed by atoms with Crippen LogP contribution in [0.3, 0.4) is 0 Å². The van der Waals surface area contributed by atoms with E-state index in [2.05, 4.69) is 59.5 Å². The minimum absolute atomic E-state index is 0.269. The molecule has 0 saturated heterocycles. The van der Waals surface area contributed by atoms with Gasteiger partial charge in [-0.25, -0.2) is 0 Å². The second kappa shape index (κ2) is 10.0. The van der Waals surface area contributed by atoms with Gasteiger partial charge in [0.15, 0.2) is 5.11 Å². The van der Waals surface area contributed by atoms with Crippen molar-refractivity contribution in [3.05, 3.63) is 57.1 Å². The summed E-state index contributed by atoms with van der Waals surface area (Å²) in [6, 6.07) is 9.43. The van der Waals surface area contributed by atoms with Crippen molar-refractivity contribution in [1.29, 1.82) is 0 Å². The summed E-state index contributed by atoms with van der Waals surface area (Å²) in [6.45, 7) is 11.0.